The third-order valence-corrected chi connectivity index (χ3v) is 2.72. The van der Waals surface area contributed by atoms with E-state index in [-0.39, 0.29) is 11.7 Å². The standard InChI is InChI=1S/C12H18N2O3S/c1-12(2,3)17-10(15)7-18-9-6-5-8(13)11(14-9)16-4/h5-6H,7,13H2,1-4H3. The van der Waals surface area contributed by atoms with Gasteiger partial charge in [0.05, 0.1) is 18.6 Å². The van der Waals surface area contributed by atoms with Gasteiger partial charge in [-0.05, 0) is 32.9 Å². The topological polar surface area (TPSA) is 74.4 Å². The van der Waals surface area contributed by atoms with Gasteiger partial charge >= 0.3 is 5.97 Å². The number of aromatic nitrogens is 1. The molecule has 6 heteroatoms. The Labute approximate surface area is 111 Å². The summed E-state index contributed by atoms with van der Waals surface area (Å²) in [4.78, 5) is 15.7. The van der Waals surface area contributed by atoms with Gasteiger partial charge in [-0.15, -0.1) is 0 Å². The third kappa shape index (κ3) is 4.83. The monoisotopic (exact) mass is 270 g/mol. The van der Waals surface area contributed by atoms with E-state index < -0.39 is 5.60 Å². The second-order valence-electron chi connectivity index (χ2n) is 4.62. The lowest BCUT2D eigenvalue weighted by Gasteiger charge is -2.19. The zero-order valence-electron chi connectivity index (χ0n) is 11.0. The van der Waals surface area contributed by atoms with Gasteiger partial charge in [0.2, 0.25) is 5.88 Å². The van der Waals surface area contributed by atoms with Gasteiger partial charge in [0.15, 0.2) is 0 Å². The molecule has 0 aromatic carbocycles. The number of carbonyl (C=O) groups excluding carboxylic acids is 1. The number of hydrogen-bond acceptors (Lipinski definition) is 6. The van der Waals surface area contributed by atoms with Crippen molar-refractivity contribution in [1.82, 2.24) is 4.98 Å². The summed E-state index contributed by atoms with van der Waals surface area (Å²) < 4.78 is 10.2. The quantitative estimate of drug-likeness (QED) is 0.667. The summed E-state index contributed by atoms with van der Waals surface area (Å²) in [5, 5.41) is 0.673. The van der Waals surface area contributed by atoms with Crippen molar-refractivity contribution in [2.75, 3.05) is 18.6 Å². The maximum atomic E-state index is 11.5. The predicted octanol–water partition coefficient (Wildman–Crippen LogP) is 2.11. The first-order valence-electron chi connectivity index (χ1n) is 5.47. The van der Waals surface area contributed by atoms with Crippen molar-refractivity contribution in [3.8, 4) is 5.88 Å². The minimum Gasteiger partial charge on any atom is -0.480 e. The summed E-state index contributed by atoms with van der Waals surface area (Å²) >= 11 is 1.29. The van der Waals surface area contributed by atoms with Crippen molar-refractivity contribution < 1.29 is 14.3 Å². The molecule has 0 radical (unpaired) electrons. The zero-order chi connectivity index (χ0) is 13.8. The number of thioether (sulfide) groups is 1. The summed E-state index contributed by atoms with van der Waals surface area (Å²) in [6.07, 6.45) is 0. The molecule has 1 aromatic heterocycles. The van der Waals surface area contributed by atoms with Gasteiger partial charge in [0, 0.05) is 0 Å². The molecule has 0 amide bonds. The fourth-order valence-electron chi connectivity index (χ4n) is 1.18. The van der Waals surface area contributed by atoms with E-state index >= 15 is 0 Å². The number of anilines is 1. The third-order valence-electron chi connectivity index (χ3n) is 1.82. The lowest BCUT2D eigenvalue weighted by molar-refractivity contribution is -0.151. The summed E-state index contributed by atoms with van der Waals surface area (Å²) in [7, 11) is 1.50. The first-order chi connectivity index (χ1) is 8.31. The molecule has 0 spiro atoms. The molecule has 0 saturated heterocycles. The van der Waals surface area contributed by atoms with Crippen LogP contribution in [0.2, 0.25) is 0 Å². The summed E-state index contributed by atoms with van der Waals surface area (Å²) in [5.41, 5.74) is 5.65. The van der Waals surface area contributed by atoms with Gasteiger partial charge < -0.3 is 15.2 Å². The molecular weight excluding hydrogens is 252 g/mol. The first-order valence-corrected chi connectivity index (χ1v) is 6.45. The van der Waals surface area contributed by atoms with Gasteiger partial charge in [0.25, 0.3) is 0 Å². The van der Waals surface area contributed by atoms with E-state index in [4.69, 9.17) is 15.2 Å². The maximum Gasteiger partial charge on any atom is 0.316 e. The molecule has 1 heterocycles. The molecule has 0 aliphatic rings. The summed E-state index contributed by atoms with van der Waals surface area (Å²) in [5.74, 6) is 0.298. The van der Waals surface area contributed by atoms with Crippen LogP contribution in [-0.2, 0) is 9.53 Å². The van der Waals surface area contributed by atoms with Crippen LogP contribution in [0.5, 0.6) is 5.88 Å². The Morgan fingerprint density at radius 3 is 2.67 bits per heavy atom. The molecule has 5 nitrogen and oxygen atoms in total. The molecule has 2 N–H and O–H groups in total. The van der Waals surface area contributed by atoms with Crippen LogP contribution in [0.4, 0.5) is 5.69 Å². The van der Waals surface area contributed by atoms with Gasteiger partial charge in [-0.2, -0.15) is 0 Å². The number of hydrogen-bond donors (Lipinski definition) is 1. The molecule has 0 atom stereocenters. The lowest BCUT2D eigenvalue weighted by Crippen LogP contribution is -2.24. The van der Waals surface area contributed by atoms with Gasteiger partial charge in [-0.3, -0.25) is 4.79 Å². The van der Waals surface area contributed by atoms with E-state index in [9.17, 15) is 4.79 Å². The Morgan fingerprint density at radius 1 is 1.44 bits per heavy atom. The van der Waals surface area contributed by atoms with E-state index in [1.54, 1.807) is 12.1 Å². The SMILES string of the molecule is COc1nc(SCC(=O)OC(C)(C)C)ccc1N. The van der Waals surface area contributed by atoms with Crippen molar-refractivity contribution in [1.29, 1.82) is 0 Å². The Bertz CT molecular complexity index is 430. The number of nitrogen functional groups attached to an aromatic ring is 1. The molecule has 18 heavy (non-hydrogen) atoms. The molecule has 0 saturated carbocycles. The van der Waals surface area contributed by atoms with Crippen molar-refractivity contribution >= 4 is 23.4 Å². The Morgan fingerprint density at radius 2 is 2.11 bits per heavy atom. The summed E-state index contributed by atoms with van der Waals surface area (Å²) in [6.45, 7) is 5.50. The van der Waals surface area contributed by atoms with Crippen LogP contribution >= 0.6 is 11.8 Å². The van der Waals surface area contributed by atoms with Crippen molar-refractivity contribution in [3.05, 3.63) is 12.1 Å². The van der Waals surface area contributed by atoms with E-state index in [0.29, 0.717) is 16.6 Å². The smallest absolute Gasteiger partial charge is 0.316 e. The predicted molar refractivity (Wildman–Crippen MR) is 71.8 cm³/mol. The van der Waals surface area contributed by atoms with Crippen LogP contribution < -0.4 is 10.5 Å². The minimum absolute atomic E-state index is 0.206. The number of pyridine rings is 1. The average Bonchev–Trinajstić information content (AvgIpc) is 2.25. The molecule has 0 bridgehead atoms. The molecule has 1 rings (SSSR count). The van der Waals surface area contributed by atoms with Crippen LogP contribution in [0, 0.1) is 0 Å². The minimum atomic E-state index is -0.468. The second-order valence-corrected chi connectivity index (χ2v) is 5.62. The van der Waals surface area contributed by atoms with Gasteiger partial charge in [0.1, 0.15) is 10.6 Å². The molecule has 0 aliphatic carbocycles. The molecule has 0 aliphatic heterocycles. The van der Waals surface area contributed by atoms with E-state index in [1.807, 2.05) is 20.8 Å². The summed E-state index contributed by atoms with van der Waals surface area (Å²) in [6, 6.07) is 3.44. The number of methoxy groups -OCH3 is 1. The number of nitrogens with zero attached hydrogens (tertiary/aromatic N) is 1. The number of esters is 1. The van der Waals surface area contributed by atoms with Gasteiger partial charge in [-0.1, -0.05) is 11.8 Å². The van der Waals surface area contributed by atoms with E-state index in [2.05, 4.69) is 4.98 Å². The number of carbonyl (C=O) groups is 1. The zero-order valence-corrected chi connectivity index (χ0v) is 11.8. The van der Waals surface area contributed by atoms with Gasteiger partial charge in [-0.25, -0.2) is 4.98 Å². The number of nitrogens with two attached hydrogens (primary N) is 1. The first kappa shape index (κ1) is 14.6. The highest BCUT2D eigenvalue weighted by molar-refractivity contribution is 7.99. The van der Waals surface area contributed by atoms with Crippen molar-refractivity contribution in [2.24, 2.45) is 0 Å². The molecular formula is C12H18N2O3S. The molecule has 0 fully saturated rings. The maximum absolute atomic E-state index is 11.5. The lowest BCUT2D eigenvalue weighted by atomic mass is 10.2. The Kier molecular flexibility index (Phi) is 4.84. The fraction of sp³-hybridized carbons (Fsp3) is 0.500. The number of rotatable bonds is 4. The molecule has 1 aromatic rings. The largest absolute Gasteiger partial charge is 0.480 e. The van der Waals surface area contributed by atoms with Crippen LogP contribution in [0.25, 0.3) is 0 Å². The second kappa shape index (κ2) is 5.95. The fourth-order valence-corrected chi connectivity index (χ4v) is 1.82. The van der Waals surface area contributed by atoms with Crippen molar-refractivity contribution in [2.45, 2.75) is 31.4 Å². The van der Waals surface area contributed by atoms with E-state index in [0.717, 1.165) is 0 Å². The van der Waals surface area contributed by atoms with Crippen LogP contribution in [0.3, 0.4) is 0 Å². The highest BCUT2D eigenvalue weighted by Gasteiger charge is 2.16. The Balaban J connectivity index is 2.56. The van der Waals surface area contributed by atoms with Crippen LogP contribution in [0.15, 0.2) is 17.2 Å². The average molecular weight is 270 g/mol. The highest BCUT2D eigenvalue weighted by atomic mass is 32.2. The van der Waals surface area contributed by atoms with Crippen LogP contribution in [-0.4, -0.2) is 29.4 Å². The molecule has 0 unspecified atom stereocenters. The van der Waals surface area contributed by atoms with Crippen molar-refractivity contribution in [3.63, 3.8) is 0 Å². The van der Waals surface area contributed by atoms with E-state index in [1.165, 1.54) is 18.9 Å². The Hall–Kier alpha value is -1.43. The number of ether oxygens (including phenoxy) is 2. The normalized spacial score (nSPS) is 11.1. The highest BCUT2D eigenvalue weighted by Crippen LogP contribution is 2.24. The van der Waals surface area contributed by atoms with Crippen LogP contribution in [0.1, 0.15) is 20.8 Å². The molecule has 100 valence electrons.